The number of aliphatic hydroxyl groups is 1. The number of aliphatic hydroxyl groups excluding tert-OH is 1. The number of hydrogen-bond acceptors (Lipinski definition) is 3. The fraction of sp³-hybridized carbons (Fsp3) is 0.571. The van der Waals surface area contributed by atoms with Crippen LogP contribution in [0.15, 0.2) is 23.0 Å². The van der Waals surface area contributed by atoms with Crippen LogP contribution >= 0.6 is 0 Å². The third-order valence-corrected chi connectivity index (χ3v) is 3.83. The second-order valence-electron chi connectivity index (χ2n) is 5.13. The summed E-state index contributed by atoms with van der Waals surface area (Å²) in [6.45, 7) is 0.243. The number of rotatable bonds is 4. The van der Waals surface area contributed by atoms with E-state index in [4.69, 9.17) is 0 Å². The summed E-state index contributed by atoms with van der Waals surface area (Å²) in [5.74, 6) is -0.0304. The summed E-state index contributed by atoms with van der Waals surface area (Å²) in [6.07, 6.45) is 3.88. The maximum Gasteiger partial charge on any atom is 0.268 e. The van der Waals surface area contributed by atoms with Gasteiger partial charge >= 0.3 is 0 Å². The molecule has 5 heteroatoms. The van der Waals surface area contributed by atoms with Crippen molar-refractivity contribution in [2.24, 2.45) is 13.0 Å². The molecule has 0 aliphatic heterocycles. The number of hydrogen-bond donors (Lipinski definition) is 2. The Labute approximate surface area is 112 Å². The second-order valence-corrected chi connectivity index (χ2v) is 5.13. The minimum absolute atomic E-state index is 0.219. The molecule has 1 fully saturated rings. The Bertz CT molecular complexity index is 504. The minimum atomic E-state index is -0.493. The smallest absolute Gasteiger partial charge is 0.268 e. The van der Waals surface area contributed by atoms with E-state index >= 15 is 0 Å². The number of amides is 1. The van der Waals surface area contributed by atoms with Gasteiger partial charge in [-0.25, -0.2) is 0 Å². The predicted octanol–water partition coefficient (Wildman–Crippen LogP) is 0.666. The zero-order chi connectivity index (χ0) is 13.8. The van der Waals surface area contributed by atoms with Crippen LogP contribution in [0, 0.1) is 5.92 Å². The molecule has 1 amide bonds. The van der Waals surface area contributed by atoms with Crippen molar-refractivity contribution in [1.82, 2.24) is 9.88 Å². The Kier molecular flexibility index (Phi) is 4.37. The van der Waals surface area contributed by atoms with E-state index in [0.717, 1.165) is 25.7 Å². The number of carbonyl (C=O) groups excluding carboxylic acids is 1. The summed E-state index contributed by atoms with van der Waals surface area (Å²) in [5.41, 5.74) is 0.0927. The largest absolute Gasteiger partial charge is 0.391 e. The lowest BCUT2D eigenvalue weighted by Crippen LogP contribution is -2.37. The molecule has 2 N–H and O–H groups in total. The second kappa shape index (κ2) is 6.02. The third-order valence-electron chi connectivity index (χ3n) is 3.83. The molecule has 1 aromatic rings. The molecule has 0 spiro atoms. The molecular weight excluding hydrogens is 244 g/mol. The van der Waals surface area contributed by atoms with Gasteiger partial charge in [-0.15, -0.1) is 0 Å². The number of carbonyl (C=O) groups is 1. The van der Waals surface area contributed by atoms with Gasteiger partial charge in [-0.05, 0) is 24.8 Å². The first kappa shape index (κ1) is 13.8. The summed E-state index contributed by atoms with van der Waals surface area (Å²) in [6, 6.07) is 4.56. The van der Waals surface area contributed by atoms with E-state index in [-0.39, 0.29) is 18.0 Å². The van der Waals surface area contributed by atoms with Crippen LogP contribution in [0.1, 0.15) is 36.2 Å². The van der Waals surface area contributed by atoms with Crippen molar-refractivity contribution in [1.29, 1.82) is 0 Å². The third kappa shape index (κ3) is 3.23. The van der Waals surface area contributed by atoms with Gasteiger partial charge in [-0.2, -0.15) is 0 Å². The minimum Gasteiger partial charge on any atom is -0.391 e. The lowest BCUT2D eigenvalue weighted by Gasteiger charge is -2.18. The standard InChI is InChI=1S/C14H20N2O3/c1-16-11(7-4-8-13(16)18)14(19)15-9-12(17)10-5-2-3-6-10/h4,7-8,10,12,17H,2-3,5-6,9H2,1H3,(H,15,19). The van der Waals surface area contributed by atoms with Crippen molar-refractivity contribution in [3.8, 4) is 0 Å². The molecular formula is C14H20N2O3. The van der Waals surface area contributed by atoms with Gasteiger partial charge in [0.05, 0.1) is 6.10 Å². The monoisotopic (exact) mass is 264 g/mol. The molecule has 0 radical (unpaired) electrons. The van der Waals surface area contributed by atoms with Crippen LogP contribution in [0.5, 0.6) is 0 Å². The van der Waals surface area contributed by atoms with Gasteiger partial charge < -0.3 is 15.0 Å². The van der Waals surface area contributed by atoms with Crippen LogP contribution in [0.3, 0.4) is 0 Å². The summed E-state index contributed by atoms with van der Waals surface area (Å²) >= 11 is 0. The molecule has 1 saturated carbocycles. The number of aromatic nitrogens is 1. The van der Waals surface area contributed by atoms with E-state index in [9.17, 15) is 14.7 Å². The van der Waals surface area contributed by atoms with E-state index in [1.807, 2.05) is 0 Å². The molecule has 1 heterocycles. The van der Waals surface area contributed by atoms with Crippen molar-refractivity contribution < 1.29 is 9.90 Å². The Morgan fingerprint density at radius 2 is 2.16 bits per heavy atom. The van der Waals surface area contributed by atoms with Crippen molar-refractivity contribution in [3.63, 3.8) is 0 Å². The van der Waals surface area contributed by atoms with Gasteiger partial charge in [0.2, 0.25) is 0 Å². The SMILES string of the molecule is Cn1c(C(=O)NCC(O)C2CCCC2)cccc1=O. The van der Waals surface area contributed by atoms with E-state index in [1.54, 1.807) is 19.2 Å². The van der Waals surface area contributed by atoms with E-state index in [2.05, 4.69) is 5.32 Å². The Balaban J connectivity index is 1.94. The Morgan fingerprint density at radius 1 is 1.47 bits per heavy atom. The van der Waals surface area contributed by atoms with Crippen molar-refractivity contribution in [2.75, 3.05) is 6.54 Å². The maximum absolute atomic E-state index is 12.0. The fourth-order valence-corrected chi connectivity index (χ4v) is 2.59. The molecule has 2 rings (SSSR count). The number of pyridine rings is 1. The first-order chi connectivity index (χ1) is 9.09. The summed E-state index contributed by atoms with van der Waals surface area (Å²) < 4.78 is 1.30. The van der Waals surface area contributed by atoms with E-state index in [1.165, 1.54) is 10.6 Å². The maximum atomic E-state index is 12.0. The van der Waals surface area contributed by atoms with E-state index in [0.29, 0.717) is 11.6 Å². The van der Waals surface area contributed by atoms with Gasteiger partial charge in [-0.1, -0.05) is 18.9 Å². The predicted molar refractivity (Wildman–Crippen MR) is 72.0 cm³/mol. The number of nitrogens with one attached hydrogen (secondary N) is 1. The highest BCUT2D eigenvalue weighted by Gasteiger charge is 2.23. The Morgan fingerprint density at radius 3 is 2.84 bits per heavy atom. The zero-order valence-corrected chi connectivity index (χ0v) is 11.1. The number of nitrogens with zero attached hydrogens (tertiary/aromatic N) is 1. The first-order valence-corrected chi connectivity index (χ1v) is 6.72. The average molecular weight is 264 g/mol. The average Bonchev–Trinajstić information content (AvgIpc) is 2.93. The van der Waals surface area contributed by atoms with Crippen LogP contribution in [-0.2, 0) is 7.05 Å². The van der Waals surface area contributed by atoms with Gasteiger partial charge in [0.25, 0.3) is 11.5 Å². The summed E-state index contributed by atoms with van der Waals surface area (Å²) in [7, 11) is 1.56. The molecule has 1 aliphatic carbocycles. The highest BCUT2D eigenvalue weighted by molar-refractivity contribution is 5.92. The molecule has 104 valence electrons. The molecule has 19 heavy (non-hydrogen) atoms. The van der Waals surface area contributed by atoms with Gasteiger partial charge in [0, 0.05) is 19.7 Å². The van der Waals surface area contributed by atoms with Crippen LogP contribution in [0.2, 0.25) is 0 Å². The molecule has 1 atom stereocenters. The topological polar surface area (TPSA) is 71.3 Å². The Hall–Kier alpha value is -1.62. The van der Waals surface area contributed by atoms with Gasteiger partial charge in [0.1, 0.15) is 5.69 Å². The van der Waals surface area contributed by atoms with Crippen molar-refractivity contribution >= 4 is 5.91 Å². The molecule has 1 aliphatic rings. The van der Waals surface area contributed by atoms with Gasteiger partial charge in [0.15, 0.2) is 0 Å². The lowest BCUT2D eigenvalue weighted by molar-refractivity contribution is 0.0833. The van der Waals surface area contributed by atoms with Crippen molar-refractivity contribution in [3.05, 3.63) is 34.2 Å². The first-order valence-electron chi connectivity index (χ1n) is 6.72. The zero-order valence-electron chi connectivity index (χ0n) is 11.1. The quantitative estimate of drug-likeness (QED) is 0.839. The van der Waals surface area contributed by atoms with Crippen molar-refractivity contribution in [2.45, 2.75) is 31.8 Å². The molecule has 1 aromatic heterocycles. The van der Waals surface area contributed by atoms with Crippen LogP contribution in [-0.4, -0.2) is 28.2 Å². The molecule has 1 unspecified atom stereocenters. The highest BCUT2D eigenvalue weighted by atomic mass is 16.3. The van der Waals surface area contributed by atoms with Crippen LogP contribution in [0.25, 0.3) is 0 Å². The van der Waals surface area contributed by atoms with Crippen LogP contribution < -0.4 is 10.9 Å². The summed E-state index contributed by atoms with van der Waals surface area (Å²) in [4.78, 5) is 23.4. The normalized spacial score (nSPS) is 17.4. The fourth-order valence-electron chi connectivity index (χ4n) is 2.59. The highest BCUT2D eigenvalue weighted by Crippen LogP contribution is 2.27. The van der Waals surface area contributed by atoms with E-state index < -0.39 is 6.10 Å². The van der Waals surface area contributed by atoms with Crippen LogP contribution in [0.4, 0.5) is 0 Å². The lowest BCUT2D eigenvalue weighted by atomic mass is 10.0. The molecule has 0 saturated heterocycles. The van der Waals surface area contributed by atoms with Gasteiger partial charge in [-0.3, -0.25) is 9.59 Å². The molecule has 0 bridgehead atoms. The molecule has 0 aromatic carbocycles. The summed E-state index contributed by atoms with van der Waals surface area (Å²) in [5, 5.41) is 12.7. The molecule has 5 nitrogen and oxygen atoms in total.